The second-order valence-electron chi connectivity index (χ2n) is 4.98. The average molecular weight is 293 g/mol. The molecule has 1 aromatic carbocycles. The summed E-state index contributed by atoms with van der Waals surface area (Å²) in [7, 11) is 1.50. The molecule has 1 atom stereocenters. The molecule has 1 aliphatic rings. The van der Waals surface area contributed by atoms with Crippen LogP contribution in [0.25, 0.3) is 0 Å². The maximum atomic E-state index is 11.6. The van der Waals surface area contributed by atoms with Crippen LogP contribution in [0.2, 0.25) is 0 Å². The first-order valence-corrected chi connectivity index (χ1v) is 6.89. The number of hydrogen-bond acceptors (Lipinski definition) is 5. The van der Waals surface area contributed by atoms with Crippen LogP contribution in [0.1, 0.15) is 23.7 Å². The van der Waals surface area contributed by atoms with Crippen molar-refractivity contribution in [1.82, 2.24) is 5.32 Å². The lowest BCUT2D eigenvalue weighted by molar-refractivity contribution is -0.384. The molecule has 0 aromatic heterocycles. The molecule has 0 aliphatic carbocycles. The van der Waals surface area contributed by atoms with Crippen LogP contribution < -0.4 is 10.2 Å². The van der Waals surface area contributed by atoms with Gasteiger partial charge in [-0.25, -0.2) is 0 Å². The van der Waals surface area contributed by atoms with Gasteiger partial charge in [0, 0.05) is 37.9 Å². The zero-order valence-electron chi connectivity index (χ0n) is 12.2. The molecule has 0 saturated carbocycles. The Bertz CT molecular complexity index is 547. The Labute approximate surface area is 123 Å². The second-order valence-corrected chi connectivity index (χ2v) is 4.98. The summed E-state index contributed by atoms with van der Waals surface area (Å²) in [6.07, 6.45) is 0.814. The molecule has 0 unspecified atom stereocenters. The summed E-state index contributed by atoms with van der Waals surface area (Å²) in [5.74, 6) is -0.336. The number of rotatable bonds is 3. The van der Waals surface area contributed by atoms with Crippen LogP contribution in [-0.2, 0) is 4.74 Å². The molecule has 1 aromatic rings. The molecule has 114 valence electrons. The fourth-order valence-corrected chi connectivity index (χ4v) is 2.45. The number of anilines is 1. The first-order chi connectivity index (χ1) is 10.0. The van der Waals surface area contributed by atoms with E-state index in [1.54, 1.807) is 12.1 Å². The quantitative estimate of drug-likeness (QED) is 0.675. The van der Waals surface area contributed by atoms with E-state index in [4.69, 9.17) is 4.74 Å². The van der Waals surface area contributed by atoms with Crippen LogP contribution in [0.4, 0.5) is 11.4 Å². The second kappa shape index (κ2) is 6.53. The third-order valence-corrected chi connectivity index (χ3v) is 3.66. The number of nitrogens with zero attached hydrogens (tertiary/aromatic N) is 2. The fraction of sp³-hybridized carbons (Fsp3) is 0.500. The van der Waals surface area contributed by atoms with E-state index in [1.165, 1.54) is 13.1 Å². The smallest absolute Gasteiger partial charge is 0.293 e. The minimum atomic E-state index is -0.444. The third kappa shape index (κ3) is 3.30. The van der Waals surface area contributed by atoms with Gasteiger partial charge in [-0.05, 0) is 25.5 Å². The largest absolute Gasteiger partial charge is 0.380 e. The number of nitro benzene ring substituents is 1. The summed E-state index contributed by atoms with van der Waals surface area (Å²) in [6.45, 7) is 3.81. The zero-order chi connectivity index (χ0) is 15.4. The van der Waals surface area contributed by atoms with Gasteiger partial charge in [-0.2, -0.15) is 0 Å². The number of nitro groups is 1. The molecule has 1 amide bonds. The predicted molar refractivity (Wildman–Crippen MR) is 78.7 cm³/mol. The van der Waals surface area contributed by atoms with E-state index in [9.17, 15) is 14.9 Å². The van der Waals surface area contributed by atoms with Crippen LogP contribution in [0, 0.1) is 10.1 Å². The van der Waals surface area contributed by atoms with Crippen molar-refractivity contribution in [2.75, 3.05) is 31.7 Å². The minimum Gasteiger partial charge on any atom is -0.380 e. The monoisotopic (exact) mass is 293 g/mol. The number of benzene rings is 1. The van der Waals surface area contributed by atoms with E-state index < -0.39 is 4.92 Å². The highest BCUT2D eigenvalue weighted by Crippen LogP contribution is 2.31. The van der Waals surface area contributed by atoms with Gasteiger partial charge in [0.2, 0.25) is 0 Å². The Morgan fingerprint density at radius 3 is 2.90 bits per heavy atom. The number of ether oxygens (including phenoxy) is 1. The SMILES string of the molecule is CNC(=O)c1ccc(N2CCOCC[C@H]2C)c([N+](=O)[O-])c1. The molecule has 2 rings (SSSR count). The Morgan fingerprint density at radius 1 is 1.48 bits per heavy atom. The summed E-state index contributed by atoms with van der Waals surface area (Å²) in [6, 6.07) is 4.73. The highest BCUT2D eigenvalue weighted by atomic mass is 16.6. The maximum absolute atomic E-state index is 11.6. The van der Waals surface area contributed by atoms with E-state index in [0.29, 0.717) is 25.4 Å². The molecule has 1 N–H and O–H groups in total. The van der Waals surface area contributed by atoms with Crippen LogP contribution in [0.5, 0.6) is 0 Å². The Morgan fingerprint density at radius 2 is 2.24 bits per heavy atom. The molecule has 21 heavy (non-hydrogen) atoms. The normalized spacial score (nSPS) is 19.0. The van der Waals surface area contributed by atoms with Crippen LogP contribution in [-0.4, -0.2) is 43.7 Å². The van der Waals surface area contributed by atoms with Crippen molar-refractivity contribution in [3.63, 3.8) is 0 Å². The van der Waals surface area contributed by atoms with Crippen molar-refractivity contribution >= 4 is 17.3 Å². The molecule has 1 fully saturated rings. The third-order valence-electron chi connectivity index (χ3n) is 3.66. The number of carbonyl (C=O) groups excluding carboxylic acids is 1. The van der Waals surface area contributed by atoms with Crippen LogP contribution >= 0.6 is 0 Å². The summed E-state index contributed by atoms with van der Waals surface area (Å²) in [5, 5.41) is 13.8. The van der Waals surface area contributed by atoms with Gasteiger partial charge in [-0.1, -0.05) is 0 Å². The van der Waals surface area contributed by atoms with Gasteiger partial charge in [0.05, 0.1) is 11.5 Å². The molecule has 1 heterocycles. The lowest BCUT2D eigenvalue weighted by Crippen LogP contribution is -2.34. The van der Waals surface area contributed by atoms with Gasteiger partial charge in [-0.3, -0.25) is 14.9 Å². The number of amides is 1. The van der Waals surface area contributed by atoms with Crippen molar-refractivity contribution in [1.29, 1.82) is 0 Å². The lowest BCUT2D eigenvalue weighted by Gasteiger charge is -2.28. The summed E-state index contributed by atoms with van der Waals surface area (Å²) < 4.78 is 5.42. The van der Waals surface area contributed by atoms with Crippen molar-refractivity contribution in [3.05, 3.63) is 33.9 Å². The van der Waals surface area contributed by atoms with Crippen molar-refractivity contribution in [2.24, 2.45) is 0 Å². The molecular weight excluding hydrogens is 274 g/mol. The van der Waals surface area contributed by atoms with Gasteiger partial charge in [0.1, 0.15) is 5.69 Å². The van der Waals surface area contributed by atoms with Crippen molar-refractivity contribution in [2.45, 2.75) is 19.4 Å². The highest BCUT2D eigenvalue weighted by molar-refractivity contribution is 5.95. The highest BCUT2D eigenvalue weighted by Gasteiger charge is 2.26. The van der Waals surface area contributed by atoms with E-state index in [-0.39, 0.29) is 23.2 Å². The van der Waals surface area contributed by atoms with Crippen LogP contribution in [0.15, 0.2) is 18.2 Å². The first kappa shape index (κ1) is 15.2. The van der Waals surface area contributed by atoms with E-state index in [1.807, 2.05) is 11.8 Å². The maximum Gasteiger partial charge on any atom is 0.293 e. The van der Waals surface area contributed by atoms with Gasteiger partial charge >= 0.3 is 0 Å². The van der Waals surface area contributed by atoms with Crippen molar-refractivity contribution < 1.29 is 14.5 Å². The van der Waals surface area contributed by atoms with Crippen molar-refractivity contribution in [3.8, 4) is 0 Å². The number of nitrogens with one attached hydrogen (secondary N) is 1. The predicted octanol–water partition coefficient (Wildman–Crippen LogP) is 1.57. The molecule has 0 bridgehead atoms. The standard InChI is InChI=1S/C14H19N3O4/c1-10-5-7-21-8-6-16(10)12-4-3-11(14(18)15-2)9-13(12)17(19)20/h3-4,9-10H,5-8H2,1-2H3,(H,15,18)/t10-/m1/s1. The zero-order valence-corrected chi connectivity index (χ0v) is 12.2. The molecular formula is C14H19N3O4. The lowest BCUT2D eigenvalue weighted by atomic mass is 10.1. The van der Waals surface area contributed by atoms with E-state index in [2.05, 4.69) is 5.32 Å². The minimum absolute atomic E-state index is 0.0511. The number of carbonyl (C=O) groups is 1. The molecule has 1 saturated heterocycles. The number of hydrogen-bond donors (Lipinski definition) is 1. The molecule has 1 aliphatic heterocycles. The molecule has 0 spiro atoms. The topological polar surface area (TPSA) is 84.7 Å². The Hall–Kier alpha value is -2.15. The van der Waals surface area contributed by atoms with E-state index in [0.717, 1.165) is 6.42 Å². The average Bonchev–Trinajstić information content (AvgIpc) is 2.70. The van der Waals surface area contributed by atoms with Gasteiger partial charge in [0.15, 0.2) is 0 Å². The van der Waals surface area contributed by atoms with Gasteiger partial charge in [-0.15, -0.1) is 0 Å². The Kier molecular flexibility index (Phi) is 4.74. The molecule has 0 radical (unpaired) electrons. The van der Waals surface area contributed by atoms with Gasteiger partial charge < -0.3 is 15.0 Å². The molecule has 7 nitrogen and oxygen atoms in total. The summed E-state index contributed by atoms with van der Waals surface area (Å²) in [5.41, 5.74) is 0.766. The summed E-state index contributed by atoms with van der Waals surface area (Å²) >= 11 is 0. The van der Waals surface area contributed by atoms with E-state index >= 15 is 0 Å². The van der Waals surface area contributed by atoms with Crippen LogP contribution in [0.3, 0.4) is 0 Å². The Balaban J connectivity index is 2.42. The molecule has 7 heteroatoms. The van der Waals surface area contributed by atoms with Gasteiger partial charge in [0.25, 0.3) is 11.6 Å². The first-order valence-electron chi connectivity index (χ1n) is 6.89. The summed E-state index contributed by atoms with van der Waals surface area (Å²) in [4.78, 5) is 24.5. The fourth-order valence-electron chi connectivity index (χ4n) is 2.45.